The van der Waals surface area contributed by atoms with E-state index in [0.29, 0.717) is 22.9 Å². The molecule has 1 aliphatic heterocycles. The number of aliphatic imine (C=N–C) groups is 2. The Bertz CT molecular complexity index is 1150. The van der Waals surface area contributed by atoms with Crippen LogP contribution in [0.15, 0.2) is 57.0 Å². The van der Waals surface area contributed by atoms with Crippen LogP contribution in [0.25, 0.3) is 10.9 Å². The standard InChI is InChI=1S/C26H34FN5O/c1-5-10-19(32-14-8-7-9-15-32)17-29-18-30-23-16-21-24(31(4)26(23)33)13-12-20(25(21)27)22(28-3)11-6-2/h5,10,12-13,16-18H,6-9,11,14-15H2,1-4H3,(H,29,30)/b10-5-,19-17+,28-22+. The fourth-order valence-electron chi connectivity index (χ4n) is 4.21. The third-order valence-electron chi connectivity index (χ3n) is 5.97. The minimum Gasteiger partial charge on any atom is -0.370 e. The first-order valence-electron chi connectivity index (χ1n) is 11.7. The van der Waals surface area contributed by atoms with Crippen LogP contribution in [-0.4, -0.2) is 41.7 Å². The summed E-state index contributed by atoms with van der Waals surface area (Å²) in [5.74, 6) is -0.363. The van der Waals surface area contributed by atoms with Crippen LogP contribution in [0.3, 0.4) is 0 Å². The van der Waals surface area contributed by atoms with Gasteiger partial charge in [-0.3, -0.25) is 9.79 Å². The van der Waals surface area contributed by atoms with Crippen molar-refractivity contribution in [3.63, 3.8) is 0 Å². The van der Waals surface area contributed by atoms with E-state index >= 15 is 4.39 Å². The average molecular weight is 452 g/mol. The van der Waals surface area contributed by atoms with Crippen molar-refractivity contribution in [2.75, 3.05) is 25.5 Å². The molecule has 2 aromatic rings. The molecule has 176 valence electrons. The van der Waals surface area contributed by atoms with Gasteiger partial charge in [-0.25, -0.2) is 9.38 Å². The second-order valence-electron chi connectivity index (χ2n) is 8.23. The molecule has 0 amide bonds. The lowest BCUT2D eigenvalue weighted by Crippen LogP contribution is -2.28. The van der Waals surface area contributed by atoms with E-state index in [1.807, 2.05) is 26.0 Å². The van der Waals surface area contributed by atoms with Gasteiger partial charge in [-0.05, 0) is 56.9 Å². The summed E-state index contributed by atoms with van der Waals surface area (Å²) in [6.07, 6.45) is 12.5. The Labute approximate surface area is 195 Å². The quantitative estimate of drug-likeness (QED) is 0.339. The number of nitrogens with zero attached hydrogens (tertiary/aromatic N) is 4. The molecule has 0 bridgehead atoms. The Morgan fingerprint density at radius 2 is 2.00 bits per heavy atom. The van der Waals surface area contributed by atoms with Crippen LogP contribution >= 0.6 is 0 Å². The number of hydrogen-bond donors (Lipinski definition) is 1. The highest BCUT2D eigenvalue weighted by Gasteiger charge is 2.16. The van der Waals surface area contributed by atoms with Gasteiger partial charge in [0, 0.05) is 43.8 Å². The Kier molecular flexibility index (Phi) is 8.58. The zero-order chi connectivity index (χ0) is 23.8. The largest absolute Gasteiger partial charge is 0.370 e. The summed E-state index contributed by atoms with van der Waals surface area (Å²) in [6.45, 7) is 6.06. The fraction of sp³-hybridized carbons (Fsp3) is 0.423. The minimum absolute atomic E-state index is 0.243. The van der Waals surface area contributed by atoms with Crippen LogP contribution in [0.5, 0.6) is 0 Å². The Hall–Kier alpha value is -3.22. The summed E-state index contributed by atoms with van der Waals surface area (Å²) in [7, 11) is 3.32. The Balaban J connectivity index is 1.91. The highest BCUT2D eigenvalue weighted by Crippen LogP contribution is 2.24. The zero-order valence-electron chi connectivity index (χ0n) is 20.1. The third kappa shape index (κ3) is 5.59. The number of aromatic nitrogens is 1. The molecule has 0 aliphatic carbocycles. The molecule has 1 saturated heterocycles. The molecule has 3 rings (SSSR count). The summed E-state index contributed by atoms with van der Waals surface area (Å²) < 4.78 is 16.9. The molecule has 1 fully saturated rings. The van der Waals surface area contributed by atoms with Crippen molar-refractivity contribution in [1.29, 1.82) is 0 Å². The monoisotopic (exact) mass is 451 g/mol. The topological polar surface area (TPSA) is 62.0 Å². The summed E-state index contributed by atoms with van der Waals surface area (Å²) in [5.41, 5.74) is 2.81. The number of likely N-dealkylation sites (tertiary alicyclic amines) is 1. The molecular weight excluding hydrogens is 417 g/mol. The maximum atomic E-state index is 15.4. The van der Waals surface area contributed by atoms with Crippen LogP contribution in [-0.2, 0) is 7.05 Å². The second-order valence-corrected chi connectivity index (χ2v) is 8.23. The van der Waals surface area contributed by atoms with Crippen molar-refractivity contribution in [2.45, 2.75) is 46.0 Å². The van der Waals surface area contributed by atoms with Gasteiger partial charge in [-0.1, -0.05) is 19.4 Å². The number of aryl methyl sites for hydroxylation is 1. The number of nitrogens with one attached hydrogen (secondary N) is 1. The van der Waals surface area contributed by atoms with E-state index in [-0.39, 0.29) is 17.1 Å². The van der Waals surface area contributed by atoms with Crippen molar-refractivity contribution in [3.05, 3.63) is 64.0 Å². The fourth-order valence-corrected chi connectivity index (χ4v) is 4.21. The summed E-state index contributed by atoms with van der Waals surface area (Å²) in [4.78, 5) is 23.8. The minimum atomic E-state index is -0.363. The maximum Gasteiger partial charge on any atom is 0.274 e. The second kappa shape index (κ2) is 11.6. The summed E-state index contributed by atoms with van der Waals surface area (Å²) in [5, 5.41) is 3.33. The maximum absolute atomic E-state index is 15.4. The normalized spacial score (nSPS) is 15.8. The van der Waals surface area contributed by atoms with Crippen LogP contribution in [0.2, 0.25) is 0 Å². The van der Waals surface area contributed by atoms with Crippen LogP contribution in [0.1, 0.15) is 51.5 Å². The number of rotatable bonds is 8. The zero-order valence-corrected chi connectivity index (χ0v) is 20.1. The molecule has 0 spiro atoms. The lowest BCUT2D eigenvalue weighted by Gasteiger charge is -2.29. The number of anilines is 1. The van der Waals surface area contributed by atoms with Crippen LogP contribution in [0.4, 0.5) is 10.1 Å². The molecule has 1 aromatic heterocycles. The molecule has 2 heterocycles. The van der Waals surface area contributed by atoms with Crippen molar-refractivity contribution in [2.24, 2.45) is 17.0 Å². The predicted molar refractivity (Wildman–Crippen MR) is 137 cm³/mol. The molecule has 33 heavy (non-hydrogen) atoms. The van der Waals surface area contributed by atoms with Gasteiger partial charge in [-0.2, -0.15) is 0 Å². The van der Waals surface area contributed by atoms with Gasteiger partial charge < -0.3 is 14.8 Å². The Morgan fingerprint density at radius 1 is 1.24 bits per heavy atom. The molecule has 0 radical (unpaired) electrons. The third-order valence-corrected chi connectivity index (χ3v) is 5.97. The molecule has 0 atom stereocenters. The van der Waals surface area contributed by atoms with Crippen molar-refractivity contribution in [1.82, 2.24) is 9.47 Å². The molecule has 1 N–H and O–H groups in total. The summed E-state index contributed by atoms with van der Waals surface area (Å²) in [6, 6.07) is 5.04. The predicted octanol–water partition coefficient (Wildman–Crippen LogP) is 5.24. The number of pyridine rings is 1. The van der Waals surface area contributed by atoms with Gasteiger partial charge in [0.1, 0.15) is 11.5 Å². The van der Waals surface area contributed by atoms with Gasteiger partial charge in [0.05, 0.1) is 23.8 Å². The van der Waals surface area contributed by atoms with Gasteiger partial charge in [0.25, 0.3) is 5.56 Å². The van der Waals surface area contributed by atoms with Crippen molar-refractivity contribution >= 4 is 28.6 Å². The van der Waals surface area contributed by atoms with E-state index < -0.39 is 0 Å². The van der Waals surface area contributed by atoms with E-state index in [2.05, 4.69) is 20.2 Å². The molecule has 0 unspecified atom stereocenters. The van der Waals surface area contributed by atoms with E-state index in [0.717, 1.165) is 30.9 Å². The molecule has 6 nitrogen and oxygen atoms in total. The summed E-state index contributed by atoms with van der Waals surface area (Å²) >= 11 is 0. The SMILES string of the molecule is C\C=C/C(=C\N=C\Nc1cc2c(F)c(/C(CCC)=N/C)ccc2n(C)c1=O)N1CCCCC1. The van der Waals surface area contributed by atoms with Crippen LogP contribution < -0.4 is 10.9 Å². The molecule has 1 aliphatic rings. The van der Waals surface area contributed by atoms with Crippen molar-refractivity contribution in [3.8, 4) is 0 Å². The number of hydrogen-bond acceptors (Lipinski definition) is 4. The molecule has 7 heteroatoms. The van der Waals surface area contributed by atoms with E-state index in [4.69, 9.17) is 0 Å². The smallest absolute Gasteiger partial charge is 0.274 e. The lowest BCUT2D eigenvalue weighted by atomic mass is 10.0. The van der Waals surface area contributed by atoms with E-state index in [1.54, 1.807) is 38.5 Å². The highest BCUT2D eigenvalue weighted by atomic mass is 19.1. The average Bonchev–Trinajstić information content (AvgIpc) is 2.83. The highest BCUT2D eigenvalue weighted by molar-refractivity contribution is 6.04. The molecule has 0 saturated carbocycles. The number of halogens is 1. The van der Waals surface area contributed by atoms with E-state index in [9.17, 15) is 4.79 Å². The van der Waals surface area contributed by atoms with E-state index in [1.165, 1.54) is 30.2 Å². The van der Waals surface area contributed by atoms with Crippen molar-refractivity contribution < 1.29 is 4.39 Å². The number of piperidine rings is 1. The Morgan fingerprint density at radius 3 is 2.67 bits per heavy atom. The van der Waals surface area contributed by atoms with Gasteiger partial charge >= 0.3 is 0 Å². The number of fused-ring (bicyclic) bond motifs is 1. The number of benzene rings is 1. The van der Waals surface area contributed by atoms with Gasteiger partial charge in [0.15, 0.2) is 0 Å². The first kappa shape index (κ1) is 24.4. The first-order valence-corrected chi connectivity index (χ1v) is 11.7. The van der Waals surface area contributed by atoms with Gasteiger partial charge in [-0.15, -0.1) is 0 Å². The number of allylic oxidation sites excluding steroid dienone is 2. The van der Waals surface area contributed by atoms with Crippen LogP contribution in [0, 0.1) is 5.82 Å². The van der Waals surface area contributed by atoms with Gasteiger partial charge in [0.2, 0.25) is 0 Å². The lowest BCUT2D eigenvalue weighted by molar-refractivity contribution is 0.292. The first-order chi connectivity index (χ1) is 16.0. The molecular formula is C26H34FN5O. The molecule has 1 aromatic carbocycles.